The van der Waals surface area contributed by atoms with Crippen LogP contribution in [0.4, 0.5) is 47.3 Å². The van der Waals surface area contributed by atoms with Crippen LogP contribution in [0.1, 0.15) is 35.1 Å². The quantitative estimate of drug-likeness (QED) is 0.159. The number of aromatic nitrogens is 1. The Hall–Kier alpha value is -4.37. The highest BCUT2D eigenvalue weighted by Crippen LogP contribution is 2.38. The van der Waals surface area contributed by atoms with Gasteiger partial charge in [0, 0.05) is 32.0 Å². The molecule has 1 heterocycles. The van der Waals surface area contributed by atoms with Crippen LogP contribution in [0.5, 0.6) is 0 Å². The average molecular weight is 698 g/mol. The molecule has 0 fully saturated rings. The van der Waals surface area contributed by atoms with E-state index in [0.29, 0.717) is 38.2 Å². The lowest BCUT2D eigenvalue weighted by atomic mass is 10.1. The highest BCUT2D eigenvalue weighted by molar-refractivity contribution is 5.92. The SMILES string of the molecule is CN(C)CCCNC(=O)N(C)c1cc(C(F)(F)F)cc(C(F)(F)F)c1.Cc1ccncc1N(Cc1ccccc1)C(=O)NCCCN(C)C. The van der Waals surface area contributed by atoms with Crippen molar-refractivity contribution in [3.8, 4) is 0 Å². The second-order valence-corrected chi connectivity index (χ2v) is 11.8. The average Bonchev–Trinajstić information content (AvgIpc) is 3.03. The molecule has 0 saturated carbocycles. The maximum absolute atomic E-state index is 12.8. The predicted octanol–water partition coefficient (Wildman–Crippen LogP) is 6.88. The summed E-state index contributed by atoms with van der Waals surface area (Å²) in [6.45, 7) is 5.03. The van der Waals surface area contributed by atoms with Gasteiger partial charge in [0.2, 0.25) is 0 Å². The summed E-state index contributed by atoms with van der Waals surface area (Å²) < 4.78 is 77.0. The van der Waals surface area contributed by atoms with Gasteiger partial charge in [-0.15, -0.1) is 0 Å². The number of carbonyl (C=O) groups is 2. The zero-order valence-corrected chi connectivity index (χ0v) is 28.6. The number of amides is 4. The van der Waals surface area contributed by atoms with E-state index < -0.39 is 35.2 Å². The first-order valence-corrected chi connectivity index (χ1v) is 15.5. The van der Waals surface area contributed by atoms with E-state index >= 15 is 0 Å². The molecule has 0 aliphatic heterocycles. The molecule has 3 aromatic rings. The minimum Gasteiger partial charge on any atom is -0.338 e. The molecule has 270 valence electrons. The molecular formula is C34H45F6N7O2. The van der Waals surface area contributed by atoms with Crippen molar-refractivity contribution in [2.45, 2.75) is 38.7 Å². The van der Waals surface area contributed by atoms with Crippen LogP contribution in [-0.2, 0) is 18.9 Å². The number of benzene rings is 2. The molecule has 0 aliphatic rings. The van der Waals surface area contributed by atoms with E-state index in [-0.39, 0.29) is 18.6 Å². The Morgan fingerprint density at radius 3 is 1.71 bits per heavy atom. The van der Waals surface area contributed by atoms with Gasteiger partial charge in [-0.1, -0.05) is 30.3 Å². The van der Waals surface area contributed by atoms with Crippen LogP contribution >= 0.6 is 0 Å². The third-order valence-electron chi connectivity index (χ3n) is 7.11. The number of hydrogen-bond donors (Lipinski definition) is 2. The van der Waals surface area contributed by atoms with Crippen LogP contribution in [0.15, 0.2) is 67.0 Å². The highest BCUT2D eigenvalue weighted by Gasteiger charge is 2.37. The van der Waals surface area contributed by atoms with Crippen molar-refractivity contribution in [3.05, 3.63) is 89.2 Å². The summed E-state index contributed by atoms with van der Waals surface area (Å²) in [5.74, 6) is 0. The summed E-state index contributed by atoms with van der Waals surface area (Å²) in [5.41, 5.74) is -0.471. The molecule has 1 aromatic heterocycles. The van der Waals surface area contributed by atoms with Crippen molar-refractivity contribution < 1.29 is 35.9 Å². The van der Waals surface area contributed by atoms with E-state index in [1.165, 1.54) is 0 Å². The lowest BCUT2D eigenvalue weighted by Crippen LogP contribution is -2.41. The summed E-state index contributed by atoms with van der Waals surface area (Å²) in [4.78, 5) is 35.3. The minimum absolute atomic E-state index is 0.0202. The number of urea groups is 2. The lowest BCUT2D eigenvalue weighted by molar-refractivity contribution is -0.143. The number of nitrogens with one attached hydrogen (secondary N) is 2. The number of anilines is 2. The third-order valence-corrected chi connectivity index (χ3v) is 7.11. The van der Waals surface area contributed by atoms with Crippen molar-refractivity contribution in [1.82, 2.24) is 25.4 Å². The molecule has 0 saturated heterocycles. The van der Waals surface area contributed by atoms with E-state index in [0.717, 1.165) is 41.7 Å². The second kappa shape index (κ2) is 19.0. The molecule has 0 unspecified atom stereocenters. The molecule has 0 radical (unpaired) electrons. The summed E-state index contributed by atoms with van der Waals surface area (Å²) in [6, 6.07) is 12.1. The molecule has 9 nitrogen and oxygen atoms in total. The topological polar surface area (TPSA) is 84.0 Å². The summed E-state index contributed by atoms with van der Waals surface area (Å²) in [7, 11) is 8.83. The van der Waals surface area contributed by atoms with Gasteiger partial charge >= 0.3 is 24.4 Å². The zero-order valence-electron chi connectivity index (χ0n) is 28.6. The Balaban J connectivity index is 0.000000340. The van der Waals surface area contributed by atoms with Gasteiger partial charge in [0.1, 0.15) is 0 Å². The predicted molar refractivity (Wildman–Crippen MR) is 180 cm³/mol. The molecule has 15 heteroatoms. The standard InChI is InChI=1S/C19H26N4O.C15H19F6N3O/c1-16-10-12-20-14-18(16)23(15-17-8-5-4-6-9-17)19(24)21-11-7-13-22(2)3;1-23(2)6-4-5-22-13(25)24(3)12-8-10(14(16,17)18)7-11(9-12)15(19,20)21/h4-6,8-10,12,14H,7,11,13,15H2,1-3H3,(H,21,24);7-9H,4-6H2,1-3H3,(H,22,25). The maximum atomic E-state index is 12.8. The molecule has 2 N–H and O–H groups in total. The fraction of sp³-hybridized carbons (Fsp3) is 0.441. The Kier molecular flexibility index (Phi) is 15.8. The Labute approximate surface area is 283 Å². The Bertz CT molecular complexity index is 1440. The van der Waals surface area contributed by atoms with Crippen LogP contribution in [0.25, 0.3) is 0 Å². The summed E-state index contributed by atoms with van der Waals surface area (Å²) in [5, 5.41) is 5.47. The van der Waals surface area contributed by atoms with Crippen LogP contribution in [0.3, 0.4) is 0 Å². The van der Waals surface area contributed by atoms with Gasteiger partial charge in [-0.25, -0.2) is 9.59 Å². The Morgan fingerprint density at radius 1 is 0.735 bits per heavy atom. The number of aryl methyl sites for hydroxylation is 1. The van der Waals surface area contributed by atoms with E-state index in [9.17, 15) is 35.9 Å². The van der Waals surface area contributed by atoms with Gasteiger partial charge in [0.05, 0.1) is 29.6 Å². The lowest BCUT2D eigenvalue weighted by Gasteiger charge is -2.24. The van der Waals surface area contributed by atoms with Crippen LogP contribution in [0, 0.1) is 6.92 Å². The monoisotopic (exact) mass is 697 g/mol. The number of nitrogens with zero attached hydrogens (tertiary/aromatic N) is 5. The van der Waals surface area contributed by atoms with Gasteiger partial charge in [0.25, 0.3) is 0 Å². The van der Waals surface area contributed by atoms with Gasteiger partial charge < -0.3 is 20.4 Å². The van der Waals surface area contributed by atoms with Gasteiger partial charge in [-0.05, 0) is 96.4 Å². The highest BCUT2D eigenvalue weighted by atomic mass is 19.4. The van der Waals surface area contributed by atoms with E-state index in [2.05, 4.69) is 20.5 Å². The molecule has 4 amide bonds. The first-order chi connectivity index (χ1) is 22.9. The van der Waals surface area contributed by atoms with Crippen molar-refractivity contribution in [3.63, 3.8) is 0 Å². The number of pyridine rings is 1. The van der Waals surface area contributed by atoms with Crippen molar-refractivity contribution in [1.29, 1.82) is 0 Å². The molecule has 0 bridgehead atoms. The first-order valence-electron chi connectivity index (χ1n) is 15.5. The van der Waals surface area contributed by atoms with Crippen LogP contribution in [0.2, 0.25) is 0 Å². The second-order valence-electron chi connectivity index (χ2n) is 11.8. The molecule has 0 atom stereocenters. The van der Waals surface area contributed by atoms with E-state index in [4.69, 9.17) is 0 Å². The van der Waals surface area contributed by atoms with Gasteiger partial charge in [0.15, 0.2) is 0 Å². The Morgan fingerprint density at radius 2 is 1.24 bits per heavy atom. The number of alkyl halides is 6. The zero-order chi connectivity index (χ0) is 36.8. The summed E-state index contributed by atoms with van der Waals surface area (Å²) in [6.07, 6.45) is -4.92. The minimum atomic E-state index is -4.96. The molecular weight excluding hydrogens is 652 g/mol. The fourth-order valence-electron chi connectivity index (χ4n) is 4.42. The van der Waals surface area contributed by atoms with E-state index in [1.807, 2.05) is 76.4 Å². The fourth-order valence-corrected chi connectivity index (χ4v) is 4.42. The van der Waals surface area contributed by atoms with Crippen molar-refractivity contribution >= 4 is 23.4 Å². The number of rotatable bonds is 12. The summed E-state index contributed by atoms with van der Waals surface area (Å²) >= 11 is 0. The molecule has 49 heavy (non-hydrogen) atoms. The maximum Gasteiger partial charge on any atom is 0.416 e. The van der Waals surface area contributed by atoms with Crippen molar-refractivity contribution in [2.75, 3.05) is 71.2 Å². The number of hydrogen-bond acceptors (Lipinski definition) is 5. The van der Waals surface area contributed by atoms with E-state index in [1.54, 1.807) is 17.3 Å². The van der Waals surface area contributed by atoms with Gasteiger partial charge in [-0.3, -0.25) is 14.8 Å². The largest absolute Gasteiger partial charge is 0.416 e. The number of halogens is 6. The molecule has 3 rings (SSSR count). The first kappa shape index (κ1) is 40.8. The molecule has 0 spiro atoms. The van der Waals surface area contributed by atoms with Gasteiger partial charge in [-0.2, -0.15) is 26.3 Å². The number of carbonyl (C=O) groups excluding carboxylic acids is 2. The normalized spacial score (nSPS) is 11.6. The smallest absolute Gasteiger partial charge is 0.338 e. The van der Waals surface area contributed by atoms with Crippen LogP contribution < -0.4 is 20.4 Å². The molecule has 0 aliphatic carbocycles. The molecule has 2 aromatic carbocycles. The van der Waals surface area contributed by atoms with Crippen molar-refractivity contribution in [2.24, 2.45) is 0 Å². The van der Waals surface area contributed by atoms with Crippen LogP contribution in [-0.4, -0.2) is 88.3 Å². The third kappa shape index (κ3) is 14.3.